The third-order valence-corrected chi connectivity index (χ3v) is 2.83. The molecule has 0 fully saturated rings. The Hall–Kier alpha value is -1.60. The number of carboxylic acid groups (broad SMARTS) is 1. The average Bonchev–Trinajstić information content (AvgIpc) is 2.05. The molecule has 0 heterocycles. The van der Waals surface area contributed by atoms with Crippen molar-refractivity contribution in [3.05, 3.63) is 29.8 Å². The van der Waals surface area contributed by atoms with E-state index in [1.54, 1.807) is 0 Å². The van der Waals surface area contributed by atoms with Crippen molar-refractivity contribution in [1.82, 2.24) is 0 Å². The first kappa shape index (κ1) is 11.5. The molecule has 1 aromatic carbocycles. The van der Waals surface area contributed by atoms with Gasteiger partial charge in [0.1, 0.15) is 0 Å². The van der Waals surface area contributed by atoms with Crippen molar-refractivity contribution in [2.75, 3.05) is 5.73 Å². The zero-order valence-electron chi connectivity index (χ0n) is 7.49. The Bertz CT molecular complexity index is 464. The van der Waals surface area contributed by atoms with Gasteiger partial charge in [0.05, 0.1) is 0 Å². The third kappa shape index (κ3) is 2.67. The van der Waals surface area contributed by atoms with Gasteiger partial charge in [-0.2, -0.15) is 8.42 Å². The third-order valence-electron chi connectivity index (χ3n) is 1.76. The van der Waals surface area contributed by atoms with E-state index in [1.165, 1.54) is 24.3 Å². The minimum absolute atomic E-state index is 0.0424. The monoisotopic (exact) mass is 231 g/mol. The smallest absolute Gasteiger partial charge is 0.329 e. The number of hydrogen-bond acceptors (Lipinski definition) is 4. The zero-order chi connectivity index (χ0) is 11.6. The van der Waals surface area contributed by atoms with E-state index >= 15 is 0 Å². The predicted octanol–water partition coefficient (Wildman–Crippen LogP) is 0.282. The van der Waals surface area contributed by atoms with E-state index in [4.69, 9.17) is 15.4 Å². The maximum Gasteiger partial charge on any atom is 0.329 e. The first-order valence-corrected chi connectivity index (χ1v) is 5.37. The highest BCUT2D eigenvalue weighted by Gasteiger charge is 2.32. The van der Waals surface area contributed by atoms with Crippen molar-refractivity contribution >= 4 is 21.8 Å². The van der Waals surface area contributed by atoms with Gasteiger partial charge < -0.3 is 10.8 Å². The fourth-order valence-electron chi connectivity index (χ4n) is 1.11. The van der Waals surface area contributed by atoms with Crippen molar-refractivity contribution < 1.29 is 22.9 Å². The van der Waals surface area contributed by atoms with Gasteiger partial charge in [-0.25, -0.2) is 0 Å². The Morgan fingerprint density at radius 1 is 1.27 bits per heavy atom. The summed E-state index contributed by atoms with van der Waals surface area (Å²) >= 11 is 0. The molecule has 0 saturated heterocycles. The van der Waals surface area contributed by atoms with Crippen LogP contribution in [0.3, 0.4) is 0 Å². The first-order chi connectivity index (χ1) is 6.82. The second-order valence-electron chi connectivity index (χ2n) is 2.90. The maximum atomic E-state index is 10.8. The molecule has 0 amide bonds. The molecule has 0 aromatic heterocycles. The lowest BCUT2D eigenvalue weighted by Gasteiger charge is -2.09. The SMILES string of the molecule is Nc1ccc(C(C(=O)O)S(=O)(=O)O)cc1. The van der Waals surface area contributed by atoms with Crippen molar-refractivity contribution in [2.24, 2.45) is 0 Å². The van der Waals surface area contributed by atoms with E-state index in [1.807, 2.05) is 0 Å². The summed E-state index contributed by atoms with van der Waals surface area (Å²) < 4.78 is 30.3. The van der Waals surface area contributed by atoms with E-state index in [9.17, 15) is 13.2 Å². The molecule has 0 aliphatic heterocycles. The molecule has 6 nitrogen and oxygen atoms in total. The van der Waals surface area contributed by atoms with Crippen LogP contribution in [0.5, 0.6) is 0 Å². The molecule has 15 heavy (non-hydrogen) atoms. The summed E-state index contributed by atoms with van der Waals surface area (Å²) in [6.07, 6.45) is 0. The highest BCUT2D eigenvalue weighted by molar-refractivity contribution is 7.86. The number of rotatable bonds is 3. The molecule has 0 bridgehead atoms. The molecule has 4 N–H and O–H groups in total. The maximum absolute atomic E-state index is 10.8. The lowest BCUT2D eigenvalue weighted by molar-refractivity contribution is -0.136. The summed E-state index contributed by atoms with van der Waals surface area (Å²) in [5.41, 5.74) is 5.68. The summed E-state index contributed by atoms with van der Waals surface area (Å²) in [4.78, 5) is 10.7. The molecule has 0 spiro atoms. The van der Waals surface area contributed by atoms with Gasteiger partial charge in [0.25, 0.3) is 10.1 Å². The Balaban J connectivity index is 3.23. The molecule has 82 valence electrons. The summed E-state index contributed by atoms with van der Waals surface area (Å²) in [6.45, 7) is 0. The van der Waals surface area contributed by atoms with Crippen molar-refractivity contribution in [3.63, 3.8) is 0 Å². The average molecular weight is 231 g/mol. The standard InChI is InChI=1S/C8H9NO5S/c9-6-3-1-5(2-4-6)7(8(10)11)15(12,13)14/h1-4,7H,9H2,(H,10,11)(H,12,13,14). The molecule has 0 radical (unpaired) electrons. The van der Waals surface area contributed by atoms with Crippen molar-refractivity contribution in [1.29, 1.82) is 0 Å². The number of aliphatic carboxylic acids is 1. The van der Waals surface area contributed by atoms with Gasteiger partial charge in [-0.15, -0.1) is 0 Å². The summed E-state index contributed by atoms with van der Waals surface area (Å²) in [5.74, 6) is -1.64. The molecule has 1 rings (SSSR count). The lowest BCUT2D eigenvalue weighted by Crippen LogP contribution is -2.21. The van der Waals surface area contributed by atoms with E-state index < -0.39 is 21.3 Å². The van der Waals surface area contributed by atoms with Gasteiger partial charge in [-0.1, -0.05) is 12.1 Å². The van der Waals surface area contributed by atoms with E-state index in [0.29, 0.717) is 5.69 Å². The Morgan fingerprint density at radius 2 is 1.73 bits per heavy atom. The van der Waals surface area contributed by atoms with Crippen LogP contribution >= 0.6 is 0 Å². The van der Waals surface area contributed by atoms with Gasteiger partial charge in [0.2, 0.25) is 5.25 Å². The molecular weight excluding hydrogens is 222 g/mol. The van der Waals surface area contributed by atoms with Crippen LogP contribution in [0, 0.1) is 0 Å². The highest BCUT2D eigenvalue weighted by Crippen LogP contribution is 2.22. The normalized spacial score (nSPS) is 13.4. The van der Waals surface area contributed by atoms with Crippen LogP contribution < -0.4 is 5.73 Å². The van der Waals surface area contributed by atoms with Crippen LogP contribution in [0.15, 0.2) is 24.3 Å². The predicted molar refractivity (Wildman–Crippen MR) is 52.8 cm³/mol. The Morgan fingerprint density at radius 3 is 2.07 bits per heavy atom. The molecule has 1 unspecified atom stereocenters. The highest BCUT2D eigenvalue weighted by atomic mass is 32.2. The molecule has 0 saturated carbocycles. The van der Waals surface area contributed by atoms with Gasteiger partial charge in [-0.05, 0) is 17.7 Å². The number of carboxylic acids is 1. The molecule has 0 aliphatic rings. The summed E-state index contributed by atoms with van der Waals surface area (Å²) in [6, 6.07) is 5.19. The fourth-order valence-corrected chi connectivity index (χ4v) is 1.87. The van der Waals surface area contributed by atoms with Crippen LogP contribution in [-0.2, 0) is 14.9 Å². The summed E-state index contributed by atoms with van der Waals surface area (Å²) in [5, 5.41) is 6.69. The second-order valence-corrected chi connectivity index (χ2v) is 4.40. The number of anilines is 1. The number of hydrogen-bond donors (Lipinski definition) is 3. The van der Waals surface area contributed by atoms with Gasteiger partial charge in [0, 0.05) is 5.69 Å². The van der Waals surface area contributed by atoms with Crippen molar-refractivity contribution in [3.8, 4) is 0 Å². The van der Waals surface area contributed by atoms with Crippen LogP contribution in [-0.4, -0.2) is 24.0 Å². The topological polar surface area (TPSA) is 118 Å². The Kier molecular flexibility index (Phi) is 2.96. The number of benzene rings is 1. The quantitative estimate of drug-likeness (QED) is 0.508. The van der Waals surface area contributed by atoms with Crippen LogP contribution in [0.2, 0.25) is 0 Å². The van der Waals surface area contributed by atoms with E-state index in [2.05, 4.69) is 0 Å². The summed E-state index contributed by atoms with van der Waals surface area (Å²) in [7, 11) is -4.67. The minimum Gasteiger partial charge on any atom is -0.480 e. The molecule has 0 aliphatic carbocycles. The lowest BCUT2D eigenvalue weighted by atomic mass is 10.1. The number of nitrogens with two attached hydrogens (primary N) is 1. The molecule has 1 aromatic rings. The van der Waals surface area contributed by atoms with Gasteiger partial charge >= 0.3 is 5.97 Å². The van der Waals surface area contributed by atoms with Crippen LogP contribution in [0.1, 0.15) is 10.8 Å². The molecule has 7 heteroatoms. The Labute approximate surface area is 86.1 Å². The fraction of sp³-hybridized carbons (Fsp3) is 0.125. The van der Waals surface area contributed by atoms with Gasteiger partial charge in [0.15, 0.2) is 0 Å². The zero-order valence-corrected chi connectivity index (χ0v) is 8.31. The largest absolute Gasteiger partial charge is 0.480 e. The molecule has 1 atom stereocenters. The van der Waals surface area contributed by atoms with E-state index in [-0.39, 0.29) is 5.56 Å². The van der Waals surface area contributed by atoms with Crippen LogP contribution in [0.25, 0.3) is 0 Å². The van der Waals surface area contributed by atoms with E-state index in [0.717, 1.165) is 0 Å². The first-order valence-electron chi connectivity index (χ1n) is 3.87. The minimum atomic E-state index is -4.67. The number of carbonyl (C=O) groups is 1. The van der Waals surface area contributed by atoms with Gasteiger partial charge in [-0.3, -0.25) is 9.35 Å². The van der Waals surface area contributed by atoms with Crippen LogP contribution in [0.4, 0.5) is 5.69 Å². The van der Waals surface area contributed by atoms with Crippen molar-refractivity contribution in [2.45, 2.75) is 5.25 Å². The number of nitrogen functional groups attached to an aromatic ring is 1. The molecular formula is C8H9NO5S. The second kappa shape index (κ2) is 3.87.